The van der Waals surface area contributed by atoms with Crippen molar-refractivity contribution >= 4 is 40.0 Å². The molecule has 2 aromatic carbocycles. The summed E-state index contributed by atoms with van der Waals surface area (Å²) in [6.45, 7) is 2.13. The molecule has 0 bridgehead atoms. The lowest BCUT2D eigenvalue weighted by atomic mass is 10.1. The van der Waals surface area contributed by atoms with Gasteiger partial charge in [-0.1, -0.05) is 48.5 Å². The van der Waals surface area contributed by atoms with Gasteiger partial charge in [-0.15, -0.1) is 11.3 Å². The number of nitrogens with one attached hydrogen (secondary N) is 1. The molecular weight excluding hydrogens is 458 g/mol. The Labute approximate surface area is 208 Å². The highest BCUT2D eigenvalue weighted by Crippen LogP contribution is 2.29. The molecule has 8 heteroatoms. The summed E-state index contributed by atoms with van der Waals surface area (Å²) < 4.78 is 0. The van der Waals surface area contributed by atoms with Crippen LogP contribution in [0.25, 0.3) is 17.3 Å². The fraction of sp³-hybridized carbons (Fsp3) is 0.185. The Morgan fingerprint density at radius 2 is 1.77 bits per heavy atom. The normalized spacial score (nSPS) is 11.0. The van der Waals surface area contributed by atoms with Crippen LogP contribution in [0.1, 0.15) is 24.7 Å². The van der Waals surface area contributed by atoms with Crippen LogP contribution in [-0.4, -0.2) is 45.5 Å². The minimum absolute atomic E-state index is 0.0966. The molecule has 2 heterocycles. The second-order valence-electron chi connectivity index (χ2n) is 8.09. The lowest BCUT2D eigenvalue weighted by Gasteiger charge is -2.17. The summed E-state index contributed by atoms with van der Waals surface area (Å²) in [5.41, 5.74) is 4.44. The number of carbonyl (C=O) groups excluding carboxylic acids is 2. The average molecular weight is 486 g/mol. The van der Waals surface area contributed by atoms with Gasteiger partial charge in [0.15, 0.2) is 5.13 Å². The van der Waals surface area contributed by atoms with Gasteiger partial charge in [-0.3, -0.25) is 19.6 Å². The Balaban J connectivity index is 1.29. The molecule has 2 aromatic heterocycles. The fourth-order valence-corrected chi connectivity index (χ4v) is 4.46. The topological polar surface area (TPSA) is 82.2 Å². The number of amides is 2. The summed E-state index contributed by atoms with van der Waals surface area (Å²) in [4.78, 5) is 32.5. The molecule has 0 aliphatic rings. The number of likely N-dealkylation sites (N-methyl/N-ethyl adjacent to an activating group) is 1. The number of hydrogen-bond donors (Lipinski definition) is 1. The minimum Gasteiger partial charge on any atom is -0.342 e. The molecule has 0 atom stereocenters. The summed E-state index contributed by atoms with van der Waals surface area (Å²) >= 11 is 1.36. The number of H-pyrrole nitrogens is 1. The van der Waals surface area contributed by atoms with Crippen LogP contribution in [0.3, 0.4) is 0 Å². The summed E-state index contributed by atoms with van der Waals surface area (Å²) in [7, 11) is 1.79. The second-order valence-corrected chi connectivity index (χ2v) is 8.92. The van der Waals surface area contributed by atoms with E-state index in [9.17, 15) is 9.59 Å². The third-order valence-corrected chi connectivity index (χ3v) is 6.29. The number of thiazole rings is 1. The Kier molecular flexibility index (Phi) is 7.84. The molecule has 0 unspecified atom stereocenters. The number of nitrogens with zero attached hydrogens (tertiary/aromatic N) is 4. The van der Waals surface area contributed by atoms with Gasteiger partial charge in [0.1, 0.15) is 0 Å². The monoisotopic (exact) mass is 485 g/mol. The van der Waals surface area contributed by atoms with E-state index in [1.807, 2.05) is 66.0 Å². The number of aromatic nitrogens is 3. The van der Waals surface area contributed by atoms with Crippen molar-refractivity contribution < 1.29 is 9.59 Å². The molecule has 35 heavy (non-hydrogen) atoms. The molecule has 1 N–H and O–H groups in total. The first-order valence-electron chi connectivity index (χ1n) is 11.4. The van der Waals surface area contributed by atoms with E-state index < -0.39 is 0 Å². The smallest absolute Gasteiger partial charge is 0.246 e. The van der Waals surface area contributed by atoms with E-state index in [0.29, 0.717) is 17.4 Å². The lowest BCUT2D eigenvalue weighted by Crippen LogP contribution is -2.26. The Morgan fingerprint density at radius 1 is 1.06 bits per heavy atom. The van der Waals surface area contributed by atoms with Crippen LogP contribution in [0.4, 0.5) is 10.8 Å². The van der Waals surface area contributed by atoms with Crippen molar-refractivity contribution in [1.29, 1.82) is 0 Å². The van der Waals surface area contributed by atoms with Crippen molar-refractivity contribution in [2.24, 2.45) is 0 Å². The molecule has 0 fully saturated rings. The second kappa shape index (κ2) is 11.4. The van der Waals surface area contributed by atoms with Gasteiger partial charge in [0.2, 0.25) is 11.8 Å². The van der Waals surface area contributed by atoms with Gasteiger partial charge in [0, 0.05) is 43.2 Å². The third-order valence-electron chi connectivity index (χ3n) is 5.44. The van der Waals surface area contributed by atoms with Crippen molar-refractivity contribution in [3.8, 4) is 11.3 Å². The summed E-state index contributed by atoms with van der Waals surface area (Å²) in [5, 5.41) is 9.86. The Morgan fingerprint density at radius 3 is 2.49 bits per heavy atom. The minimum atomic E-state index is -0.120. The van der Waals surface area contributed by atoms with Crippen LogP contribution in [0.5, 0.6) is 0 Å². The van der Waals surface area contributed by atoms with Gasteiger partial charge in [0.25, 0.3) is 0 Å². The van der Waals surface area contributed by atoms with Crippen LogP contribution in [0.15, 0.2) is 78.2 Å². The molecule has 0 spiro atoms. The number of aryl methyl sites for hydroxylation is 1. The van der Waals surface area contributed by atoms with Gasteiger partial charge in [0.05, 0.1) is 17.1 Å². The van der Waals surface area contributed by atoms with Crippen LogP contribution in [0.2, 0.25) is 0 Å². The first-order chi connectivity index (χ1) is 17.0. The number of para-hydroxylation sites is 1. The quantitative estimate of drug-likeness (QED) is 0.325. The van der Waals surface area contributed by atoms with Crippen molar-refractivity contribution in [3.63, 3.8) is 0 Å². The van der Waals surface area contributed by atoms with E-state index in [4.69, 9.17) is 0 Å². The van der Waals surface area contributed by atoms with Crippen LogP contribution in [0, 0.1) is 0 Å². The van der Waals surface area contributed by atoms with Crippen LogP contribution >= 0.6 is 11.3 Å². The van der Waals surface area contributed by atoms with Gasteiger partial charge in [-0.2, -0.15) is 5.10 Å². The number of rotatable bonds is 9. The molecule has 0 saturated carbocycles. The summed E-state index contributed by atoms with van der Waals surface area (Å²) in [5.74, 6) is -0.217. The van der Waals surface area contributed by atoms with E-state index in [1.165, 1.54) is 24.3 Å². The maximum absolute atomic E-state index is 12.5. The zero-order valence-corrected chi connectivity index (χ0v) is 20.5. The summed E-state index contributed by atoms with van der Waals surface area (Å²) in [6, 6.07) is 21.5. The molecule has 4 aromatic rings. The standard InChI is InChI=1S/C27H27N5O2S/c1-20(33)32(24-13-7-4-8-14-24)27-28-23(19-35-27)15-16-26(34)31(2)17-9-12-22-18-25(30-29-22)21-10-5-3-6-11-21/h3-8,10-11,13-16,18-19H,9,12,17H2,1-2H3,(H,29,30). The molecule has 7 nitrogen and oxygen atoms in total. The molecular formula is C27H27N5O2S. The van der Waals surface area contributed by atoms with E-state index in [1.54, 1.807) is 22.9 Å². The van der Waals surface area contributed by atoms with E-state index >= 15 is 0 Å². The predicted octanol–water partition coefficient (Wildman–Crippen LogP) is 5.32. The highest BCUT2D eigenvalue weighted by atomic mass is 32.1. The molecule has 0 saturated heterocycles. The number of anilines is 2. The van der Waals surface area contributed by atoms with Crippen LogP contribution < -0.4 is 4.90 Å². The average Bonchev–Trinajstić information content (AvgIpc) is 3.54. The predicted molar refractivity (Wildman–Crippen MR) is 140 cm³/mol. The van der Waals surface area contributed by atoms with Crippen molar-refractivity contribution in [1.82, 2.24) is 20.1 Å². The Bertz CT molecular complexity index is 1300. The number of benzene rings is 2. The van der Waals surface area contributed by atoms with Gasteiger partial charge >= 0.3 is 0 Å². The van der Waals surface area contributed by atoms with E-state index in [2.05, 4.69) is 21.2 Å². The first-order valence-corrected chi connectivity index (χ1v) is 12.2. The van der Waals surface area contributed by atoms with Gasteiger partial charge < -0.3 is 4.90 Å². The molecule has 2 amide bonds. The highest BCUT2D eigenvalue weighted by Gasteiger charge is 2.17. The SMILES string of the molecule is CC(=O)N(c1ccccc1)c1nc(C=CC(=O)N(C)CCCc2cc(-c3ccccc3)n[nH]2)cs1. The number of aromatic amines is 1. The fourth-order valence-electron chi connectivity index (χ4n) is 3.61. The lowest BCUT2D eigenvalue weighted by molar-refractivity contribution is -0.124. The molecule has 4 rings (SSSR count). The first kappa shape index (κ1) is 24.1. The number of carbonyl (C=O) groups is 2. The Hall–Kier alpha value is -4.04. The van der Waals surface area contributed by atoms with Gasteiger partial charge in [-0.05, 0) is 37.1 Å². The molecule has 178 valence electrons. The van der Waals surface area contributed by atoms with E-state index in [-0.39, 0.29) is 11.8 Å². The van der Waals surface area contributed by atoms with Gasteiger partial charge in [-0.25, -0.2) is 4.98 Å². The van der Waals surface area contributed by atoms with E-state index in [0.717, 1.165) is 35.5 Å². The summed E-state index contributed by atoms with van der Waals surface area (Å²) in [6.07, 6.45) is 4.82. The zero-order chi connectivity index (χ0) is 24.6. The van der Waals surface area contributed by atoms with Crippen molar-refractivity contribution in [3.05, 3.63) is 89.6 Å². The van der Waals surface area contributed by atoms with Crippen LogP contribution in [-0.2, 0) is 16.0 Å². The maximum atomic E-state index is 12.5. The number of hydrogen-bond acceptors (Lipinski definition) is 5. The largest absolute Gasteiger partial charge is 0.342 e. The molecule has 0 radical (unpaired) electrons. The highest BCUT2D eigenvalue weighted by molar-refractivity contribution is 7.14. The molecule has 0 aliphatic heterocycles. The van der Waals surface area contributed by atoms with Crippen molar-refractivity contribution in [2.75, 3.05) is 18.5 Å². The molecule has 0 aliphatic carbocycles. The van der Waals surface area contributed by atoms with Crippen molar-refractivity contribution in [2.45, 2.75) is 19.8 Å². The zero-order valence-electron chi connectivity index (χ0n) is 19.7. The third kappa shape index (κ3) is 6.30. The maximum Gasteiger partial charge on any atom is 0.246 e.